The minimum Gasteiger partial charge on any atom is -0.380 e. The number of benzene rings is 1. The molecule has 0 spiro atoms. The molecule has 0 radical (unpaired) electrons. The zero-order chi connectivity index (χ0) is 14.3. The van der Waals surface area contributed by atoms with Gasteiger partial charge in [0.2, 0.25) is 0 Å². The second kappa shape index (κ2) is 5.20. The molecule has 20 heavy (non-hydrogen) atoms. The number of fused-ring (bicyclic) bond motifs is 1. The highest BCUT2D eigenvalue weighted by Crippen LogP contribution is 2.32. The van der Waals surface area contributed by atoms with Crippen molar-refractivity contribution in [1.29, 1.82) is 0 Å². The van der Waals surface area contributed by atoms with Crippen LogP contribution in [0, 0.1) is 0 Å². The molecule has 0 unspecified atom stereocenters. The maximum Gasteiger partial charge on any atom is 0.259 e. The molecular weight excluding hydrogens is 364 g/mol. The van der Waals surface area contributed by atoms with Crippen LogP contribution in [0.5, 0.6) is 0 Å². The van der Waals surface area contributed by atoms with Crippen LogP contribution in [0.3, 0.4) is 0 Å². The van der Waals surface area contributed by atoms with Crippen molar-refractivity contribution in [2.75, 3.05) is 5.32 Å². The quantitative estimate of drug-likeness (QED) is 0.810. The van der Waals surface area contributed by atoms with Crippen LogP contribution < -0.4 is 10.6 Å². The molecule has 3 rings (SSSR count). The smallest absolute Gasteiger partial charge is 0.259 e. The van der Waals surface area contributed by atoms with Gasteiger partial charge in [-0.05, 0) is 40.2 Å². The summed E-state index contributed by atoms with van der Waals surface area (Å²) in [5, 5.41) is 5.47. The van der Waals surface area contributed by atoms with Crippen LogP contribution in [0.4, 0.5) is 5.69 Å². The first-order chi connectivity index (χ1) is 9.54. The standard InChI is InChI=1S/C13H8BrClN2O2S/c14-10-4-7(20-11(10)15)5-16-6-1-2-8-9(3-6)13(19)17-12(8)18/h1-4,16H,5H2,(H,17,18,19). The van der Waals surface area contributed by atoms with Crippen molar-refractivity contribution >= 4 is 56.4 Å². The number of nitrogens with one attached hydrogen (secondary N) is 2. The van der Waals surface area contributed by atoms with Crippen LogP contribution in [-0.4, -0.2) is 11.8 Å². The molecule has 0 atom stereocenters. The van der Waals surface area contributed by atoms with Crippen molar-refractivity contribution in [2.24, 2.45) is 0 Å². The summed E-state index contributed by atoms with van der Waals surface area (Å²) in [6.45, 7) is 0.602. The topological polar surface area (TPSA) is 58.2 Å². The molecule has 7 heteroatoms. The van der Waals surface area contributed by atoms with E-state index in [1.54, 1.807) is 18.2 Å². The summed E-state index contributed by atoms with van der Waals surface area (Å²) in [4.78, 5) is 24.1. The molecule has 0 aliphatic carbocycles. The fraction of sp³-hybridized carbons (Fsp3) is 0.0769. The van der Waals surface area contributed by atoms with Gasteiger partial charge in [0.05, 0.1) is 11.1 Å². The van der Waals surface area contributed by atoms with Gasteiger partial charge >= 0.3 is 0 Å². The highest BCUT2D eigenvalue weighted by molar-refractivity contribution is 9.10. The van der Waals surface area contributed by atoms with Gasteiger partial charge in [0.25, 0.3) is 11.8 Å². The molecule has 1 aliphatic rings. The van der Waals surface area contributed by atoms with Gasteiger partial charge in [-0.2, -0.15) is 0 Å². The molecule has 2 amide bonds. The summed E-state index contributed by atoms with van der Waals surface area (Å²) in [5.74, 6) is -0.693. The fourth-order valence-electron chi connectivity index (χ4n) is 1.95. The first kappa shape index (κ1) is 13.6. The lowest BCUT2D eigenvalue weighted by Gasteiger charge is -2.05. The summed E-state index contributed by atoms with van der Waals surface area (Å²) in [6, 6.07) is 7.06. The van der Waals surface area contributed by atoms with Crippen LogP contribution in [0.25, 0.3) is 0 Å². The predicted octanol–water partition coefficient (Wildman–Crippen LogP) is 3.66. The maximum absolute atomic E-state index is 11.6. The number of imide groups is 1. The lowest BCUT2D eigenvalue weighted by Crippen LogP contribution is -2.19. The zero-order valence-electron chi connectivity index (χ0n) is 10.00. The van der Waals surface area contributed by atoms with Gasteiger partial charge in [-0.25, -0.2) is 0 Å². The molecule has 2 aromatic rings. The number of thiophene rings is 1. The van der Waals surface area contributed by atoms with Gasteiger partial charge in [0.1, 0.15) is 4.34 Å². The van der Waals surface area contributed by atoms with E-state index in [9.17, 15) is 9.59 Å². The Balaban J connectivity index is 1.77. The molecule has 2 N–H and O–H groups in total. The highest BCUT2D eigenvalue weighted by atomic mass is 79.9. The van der Waals surface area contributed by atoms with Crippen LogP contribution in [0.15, 0.2) is 28.7 Å². The van der Waals surface area contributed by atoms with Crippen LogP contribution in [0.2, 0.25) is 4.34 Å². The van der Waals surface area contributed by atoms with Crippen molar-refractivity contribution in [3.05, 3.63) is 49.1 Å². The molecule has 0 saturated heterocycles. The Kier molecular flexibility index (Phi) is 3.54. The van der Waals surface area contributed by atoms with Gasteiger partial charge in [-0.3, -0.25) is 14.9 Å². The van der Waals surface area contributed by atoms with Crippen LogP contribution in [-0.2, 0) is 6.54 Å². The first-order valence-corrected chi connectivity index (χ1v) is 7.70. The number of hydrogen-bond acceptors (Lipinski definition) is 4. The zero-order valence-corrected chi connectivity index (χ0v) is 13.2. The van der Waals surface area contributed by atoms with Gasteiger partial charge in [0.15, 0.2) is 0 Å². The Hall–Kier alpha value is -1.37. The average molecular weight is 372 g/mol. The van der Waals surface area contributed by atoms with E-state index >= 15 is 0 Å². The summed E-state index contributed by atoms with van der Waals surface area (Å²) >= 11 is 10.8. The second-order valence-electron chi connectivity index (χ2n) is 4.23. The molecule has 2 heterocycles. The number of rotatable bonds is 3. The van der Waals surface area contributed by atoms with Gasteiger partial charge in [0, 0.05) is 21.6 Å². The van der Waals surface area contributed by atoms with Gasteiger partial charge in [-0.15, -0.1) is 11.3 Å². The van der Waals surface area contributed by atoms with Crippen molar-refractivity contribution in [1.82, 2.24) is 5.32 Å². The normalized spacial score (nSPS) is 13.3. The molecule has 0 saturated carbocycles. The van der Waals surface area contributed by atoms with Crippen LogP contribution in [0.1, 0.15) is 25.6 Å². The predicted molar refractivity (Wildman–Crippen MR) is 82.6 cm³/mol. The molecule has 1 aromatic heterocycles. The Morgan fingerprint density at radius 2 is 1.95 bits per heavy atom. The third kappa shape index (κ3) is 2.46. The monoisotopic (exact) mass is 370 g/mol. The van der Waals surface area contributed by atoms with E-state index in [2.05, 4.69) is 26.6 Å². The highest BCUT2D eigenvalue weighted by Gasteiger charge is 2.26. The molecule has 1 aromatic carbocycles. The Bertz CT molecular complexity index is 710. The van der Waals surface area contributed by atoms with Gasteiger partial charge < -0.3 is 5.32 Å². The van der Waals surface area contributed by atoms with E-state index in [1.165, 1.54) is 11.3 Å². The Morgan fingerprint density at radius 1 is 1.20 bits per heavy atom. The van der Waals surface area contributed by atoms with E-state index in [4.69, 9.17) is 11.6 Å². The summed E-state index contributed by atoms with van der Waals surface area (Å²) in [7, 11) is 0. The van der Waals surface area contributed by atoms with Crippen molar-refractivity contribution in [3.63, 3.8) is 0 Å². The Morgan fingerprint density at radius 3 is 2.65 bits per heavy atom. The number of amides is 2. The number of carbonyl (C=O) groups is 2. The summed E-state index contributed by atoms with van der Waals surface area (Å²) < 4.78 is 1.58. The number of anilines is 1. The molecule has 1 aliphatic heterocycles. The maximum atomic E-state index is 11.6. The van der Waals surface area contributed by atoms with E-state index < -0.39 is 0 Å². The largest absolute Gasteiger partial charge is 0.380 e. The molecule has 102 valence electrons. The van der Waals surface area contributed by atoms with E-state index in [0.717, 1.165) is 15.0 Å². The van der Waals surface area contributed by atoms with Crippen molar-refractivity contribution in [2.45, 2.75) is 6.54 Å². The third-order valence-corrected chi connectivity index (χ3v) is 5.37. The Labute approximate surface area is 132 Å². The number of carbonyl (C=O) groups excluding carboxylic acids is 2. The van der Waals surface area contributed by atoms with Crippen molar-refractivity contribution < 1.29 is 9.59 Å². The molecular formula is C13H8BrClN2O2S. The summed E-state index contributed by atoms with van der Waals surface area (Å²) in [6.07, 6.45) is 0. The fourth-order valence-corrected chi connectivity index (χ4v) is 3.68. The minimum atomic E-state index is -0.351. The first-order valence-electron chi connectivity index (χ1n) is 5.72. The SMILES string of the molecule is O=C1NC(=O)c2cc(NCc3cc(Br)c(Cl)s3)ccc21. The lowest BCUT2D eigenvalue weighted by atomic mass is 10.1. The molecule has 0 fully saturated rings. The third-order valence-electron chi connectivity index (χ3n) is 2.90. The minimum absolute atomic E-state index is 0.342. The number of halogens is 2. The number of hydrogen-bond donors (Lipinski definition) is 2. The van der Waals surface area contributed by atoms with Crippen molar-refractivity contribution in [3.8, 4) is 0 Å². The summed E-state index contributed by atoms with van der Waals surface area (Å²) in [5.41, 5.74) is 1.61. The molecule has 4 nitrogen and oxygen atoms in total. The van der Waals surface area contributed by atoms with E-state index in [-0.39, 0.29) is 11.8 Å². The average Bonchev–Trinajstić information content (AvgIpc) is 2.88. The van der Waals surface area contributed by atoms with Gasteiger partial charge in [-0.1, -0.05) is 11.6 Å². The molecule has 0 bridgehead atoms. The van der Waals surface area contributed by atoms with E-state index in [0.29, 0.717) is 22.0 Å². The van der Waals surface area contributed by atoms with Crippen LogP contribution >= 0.6 is 38.9 Å². The van der Waals surface area contributed by atoms with E-state index in [1.807, 2.05) is 6.07 Å². The second-order valence-corrected chi connectivity index (χ2v) is 6.82. The lowest BCUT2D eigenvalue weighted by molar-refractivity contribution is 0.0879.